The van der Waals surface area contributed by atoms with Crippen molar-refractivity contribution in [2.75, 3.05) is 0 Å². The maximum absolute atomic E-state index is 11.9. The number of ketones is 1. The number of rotatable bonds is 3. The van der Waals surface area contributed by atoms with Crippen LogP contribution < -0.4 is 5.56 Å². The molecule has 0 saturated carbocycles. The van der Waals surface area contributed by atoms with Crippen molar-refractivity contribution in [3.63, 3.8) is 0 Å². The molecule has 92 valence electrons. The number of benzene rings is 1. The second-order valence-electron chi connectivity index (χ2n) is 3.92. The van der Waals surface area contributed by atoms with Gasteiger partial charge in [0.25, 0.3) is 5.56 Å². The highest BCUT2D eigenvalue weighted by atomic mass is 32.1. The summed E-state index contributed by atoms with van der Waals surface area (Å²) in [7, 11) is 0. The summed E-state index contributed by atoms with van der Waals surface area (Å²) >= 11 is 4.72. The van der Waals surface area contributed by atoms with E-state index in [4.69, 9.17) is 12.2 Å². The molecule has 0 aliphatic rings. The molecule has 5 nitrogen and oxygen atoms in total. The molecular weight excluding hydrogens is 250 g/mol. The van der Waals surface area contributed by atoms with Gasteiger partial charge in [-0.3, -0.25) is 19.7 Å². The van der Waals surface area contributed by atoms with E-state index in [0.29, 0.717) is 5.56 Å². The van der Waals surface area contributed by atoms with E-state index < -0.39 is 5.56 Å². The maximum atomic E-state index is 11.9. The number of aromatic nitrogens is 3. The number of carbonyl (C=O) groups excluding carboxylic acids is 1. The molecule has 0 fully saturated rings. The maximum Gasteiger partial charge on any atom is 0.274 e. The molecule has 1 aromatic heterocycles. The number of nitrogens with one attached hydrogen (secondary N) is 2. The van der Waals surface area contributed by atoms with E-state index in [1.807, 2.05) is 19.1 Å². The van der Waals surface area contributed by atoms with Gasteiger partial charge in [0, 0.05) is 5.56 Å². The lowest BCUT2D eigenvalue weighted by Gasteiger charge is -2.00. The van der Waals surface area contributed by atoms with Crippen molar-refractivity contribution in [1.29, 1.82) is 0 Å². The molecule has 0 amide bonds. The third kappa shape index (κ3) is 2.78. The van der Waals surface area contributed by atoms with Crippen molar-refractivity contribution in [1.82, 2.24) is 15.2 Å². The van der Waals surface area contributed by atoms with Crippen molar-refractivity contribution >= 4 is 18.0 Å². The molecule has 0 spiro atoms. The van der Waals surface area contributed by atoms with Gasteiger partial charge in [-0.05, 0) is 19.1 Å². The normalized spacial score (nSPS) is 10.3. The van der Waals surface area contributed by atoms with Gasteiger partial charge in [-0.25, -0.2) is 0 Å². The van der Waals surface area contributed by atoms with Crippen LogP contribution in [0.15, 0.2) is 29.1 Å². The zero-order chi connectivity index (χ0) is 13.1. The zero-order valence-corrected chi connectivity index (χ0v) is 10.5. The highest BCUT2D eigenvalue weighted by Crippen LogP contribution is 2.05. The van der Waals surface area contributed by atoms with Gasteiger partial charge >= 0.3 is 0 Å². The fourth-order valence-corrected chi connectivity index (χ4v) is 1.62. The number of Topliss-reactive ketones (excluding diaryl/α,β-unsaturated/α-hetero) is 1. The van der Waals surface area contributed by atoms with Crippen molar-refractivity contribution in [2.45, 2.75) is 13.3 Å². The van der Waals surface area contributed by atoms with Gasteiger partial charge in [0.05, 0.1) is 6.42 Å². The number of H-pyrrole nitrogens is 2. The molecule has 0 bridgehead atoms. The Bertz CT molecular complexity index is 685. The Morgan fingerprint density at radius 2 is 2.00 bits per heavy atom. The molecule has 0 radical (unpaired) electrons. The van der Waals surface area contributed by atoms with Crippen LogP contribution in [0, 0.1) is 11.7 Å². The molecule has 2 N–H and O–H groups in total. The summed E-state index contributed by atoms with van der Waals surface area (Å²) in [4.78, 5) is 25.8. The van der Waals surface area contributed by atoms with E-state index in [0.717, 1.165) is 5.56 Å². The smallest absolute Gasteiger partial charge is 0.274 e. The molecule has 1 aromatic carbocycles. The number of hydrogen-bond acceptors (Lipinski definition) is 4. The van der Waals surface area contributed by atoms with E-state index in [-0.39, 0.29) is 22.7 Å². The Balaban J connectivity index is 2.24. The second kappa shape index (κ2) is 5.05. The van der Waals surface area contributed by atoms with E-state index in [2.05, 4.69) is 15.2 Å². The van der Waals surface area contributed by atoms with Crippen LogP contribution in [0.5, 0.6) is 0 Å². The fraction of sp³-hybridized carbons (Fsp3) is 0.167. The summed E-state index contributed by atoms with van der Waals surface area (Å²) < 4.78 is 0.145. The van der Waals surface area contributed by atoms with Crippen molar-refractivity contribution in [3.8, 4) is 0 Å². The number of nitrogens with zero attached hydrogens (tertiary/aromatic N) is 1. The van der Waals surface area contributed by atoms with Crippen molar-refractivity contribution < 1.29 is 4.79 Å². The minimum atomic E-state index is -0.431. The molecule has 0 aliphatic carbocycles. The van der Waals surface area contributed by atoms with Crippen LogP contribution in [0.2, 0.25) is 0 Å². The summed E-state index contributed by atoms with van der Waals surface area (Å²) in [6.07, 6.45) is -0.0511. The van der Waals surface area contributed by atoms with Gasteiger partial charge in [0.15, 0.2) is 10.6 Å². The molecular formula is C12H11N3O2S. The number of aromatic amines is 2. The highest BCUT2D eigenvalue weighted by molar-refractivity contribution is 7.71. The van der Waals surface area contributed by atoms with Gasteiger partial charge < -0.3 is 0 Å². The first-order valence-corrected chi connectivity index (χ1v) is 5.75. The molecule has 1 heterocycles. The lowest BCUT2D eigenvalue weighted by molar-refractivity contribution is 0.0991. The average molecular weight is 261 g/mol. The highest BCUT2D eigenvalue weighted by Gasteiger charge is 2.10. The second-order valence-corrected chi connectivity index (χ2v) is 4.33. The third-order valence-electron chi connectivity index (χ3n) is 2.48. The lowest BCUT2D eigenvalue weighted by Crippen LogP contribution is -2.20. The van der Waals surface area contributed by atoms with Crippen LogP contribution in [0.1, 0.15) is 21.6 Å². The van der Waals surface area contributed by atoms with Gasteiger partial charge in [-0.15, -0.1) is 0 Å². The quantitative estimate of drug-likeness (QED) is 0.649. The van der Waals surface area contributed by atoms with Crippen LogP contribution in [0.3, 0.4) is 0 Å². The Labute approximate surface area is 108 Å². The lowest BCUT2D eigenvalue weighted by atomic mass is 10.1. The summed E-state index contributed by atoms with van der Waals surface area (Å²) in [6.45, 7) is 1.94. The Hall–Kier alpha value is -2.08. The van der Waals surface area contributed by atoms with Crippen molar-refractivity contribution in [2.24, 2.45) is 0 Å². The van der Waals surface area contributed by atoms with Crippen molar-refractivity contribution in [3.05, 3.63) is 56.2 Å². The summed E-state index contributed by atoms with van der Waals surface area (Å²) in [5.74, 6) is -0.154. The van der Waals surface area contributed by atoms with Gasteiger partial charge in [0.2, 0.25) is 0 Å². The summed E-state index contributed by atoms with van der Waals surface area (Å²) in [6, 6.07) is 7.17. The largest absolute Gasteiger partial charge is 0.296 e. The van der Waals surface area contributed by atoms with Crippen LogP contribution in [0.4, 0.5) is 0 Å². The zero-order valence-electron chi connectivity index (χ0n) is 9.69. The summed E-state index contributed by atoms with van der Waals surface area (Å²) in [5.41, 5.74) is 1.34. The molecule has 6 heteroatoms. The molecule has 0 aliphatic heterocycles. The first-order chi connectivity index (χ1) is 8.56. The number of carbonyl (C=O) groups is 1. The fourth-order valence-electron chi connectivity index (χ4n) is 1.49. The summed E-state index contributed by atoms with van der Waals surface area (Å²) in [5, 5.41) is 6.23. The SMILES string of the molecule is Cc1ccc(C(=O)Cc2n[nH]c(=S)[nH]c2=O)cc1. The van der Waals surface area contributed by atoms with E-state index >= 15 is 0 Å². The molecule has 0 unspecified atom stereocenters. The predicted molar refractivity (Wildman–Crippen MR) is 69.3 cm³/mol. The van der Waals surface area contributed by atoms with Gasteiger partial charge in [0.1, 0.15) is 5.69 Å². The molecule has 0 atom stereocenters. The van der Waals surface area contributed by atoms with Gasteiger partial charge in [-0.1, -0.05) is 29.8 Å². The minimum Gasteiger partial charge on any atom is -0.296 e. The average Bonchev–Trinajstić information content (AvgIpc) is 2.33. The van der Waals surface area contributed by atoms with Crippen LogP contribution in [-0.4, -0.2) is 21.0 Å². The number of aryl methyl sites for hydroxylation is 1. The predicted octanol–water partition coefficient (Wildman–Crippen LogP) is 1.56. The number of hydrogen-bond donors (Lipinski definition) is 2. The van der Waals surface area contributed by atoms with Crippen LogP contribution in [0.25, 0.3) is 0 Å². The van der Waals surface area contributed by atoms with E-state index in [1.165, 1.54) is 0 Å². The Kier molecular flexibility index (Phi) is 3.47. The monoisotopic (exact) mass is 261 g/mol. The first kappa shape index (κ1) is 12.4. The Morgan fingerprint density at radius 1 is 1.33 bits per heavy atom. The van der Waals surface area contributed by atoms with Crippen LogP contribution >= 0.6 is 12.2 Å². The molecule has 2 aromatic rings. The molecule has 0 saturated heterocycles. The molecule has 18 heavy (non-hydrogen) atoms. The standard InChI is InChI=1S/C12H11N3O2S/c1-7-2-4-8(5-3-7)10(16)6-9-11(17)13-12(18)15-14-9/h2-5H,6H2,1H3,(H2,13,15,17,18). The van der Waals surface area contributed by atoms with E-state index in [1.54, 1.807) is 12.1 Å². The molecule has 2 rings (SSSR count). The first-order valence-electron chi connectivity index (χ1n) is 5.34. The minimum absolute atomic E-state index is 0.0511. The third-order valence-corrected chi connectivity index (χ3v) is 2.68. The van der Waals surface area contributed by atoms with Gasteiger partial charge in [-0.2, -0.15) is 5.10 Å². The van der Waals surface area contributed by atoms with E-state index in [9.17, 15) is 9.59 Å². The Morgan fingerprint density at radius 3 is 2.61 bits per heavy atom. The van der Waals surface area contributed by atoms with Crippen LogP contribution in [-0.2, 0) is 6.42 Å². The topological polar surface area (TPSA) is 78.6 Å².